The topological polar surface area (TPSA) is 212 Å². The van der Waals surface area contributed by atoms with E-state index < -0.39 is 90.9 Å². The number of esters is 1. The first-order valence-corrected chi connectivity index (χ1v) is 22.9. The van der Waals surface area contributed by atoms with E-state index in [1.165, 1.54) is 0 Å². The highest BCUT2D eigenvalue weighted by Gasteiger charge is 2.71. The molecule has 0 radical (unpaired) electrons. The molecule has 0 bridgehead atoms. The van der Waals surface area contributed by atoms with E-state index in [1.54, 1.807) is 19.9 Å². The Kier molecular flexibility index (Phi) is 14.5. The molecule has 4 saturated carbocycles. The van der Waals surface area contributed by atoms with E-state index in [-0.39, 0.29) is 61.1 Å². The summed E-state index contributed by atoms with van der Waals surface area (Å²) in [6.07, 6.45) is -1.51. The molecule has 4 aliphatic heterocycles. The molecular formula is C45H74O15. The number of hydrogen-bond donors (Lipinski definition) is 6. The van der Waals surface area contributed by atoms with E-state index >= 15 is 0 Å². The Morgan fingerprint density at radius 2 is 1.28 bits per heavy atom. The molecule has 60 heavy (non-hydrogen) atoms. The average Bonchev–Trinajstić information content (AvgIpc) is 3.74. The van der Waals surface area contributed by atoms with Gasteiger partial charge in [-0.15, -0.1) is 0 Å². The van der Waals surface area contributed by atoms with Gasteiger partial charge in [0.1, 0.15) is 24.9 Å². The summed E-state index contributed by atoms with van der Waals surface area (Å²) in [5.41, 5.74) is -0.892. The van der Waals surface area contributed by atoms with Gasteiger partial charge in [-0.3, -0.25) is 0 Å². The maximum absolute atomic E-state index is 12.6. The van der Waals surface area contributed by atoms with Crippen LogP contribution in [-0.4, -0.2) is 148 Å². The fraction of sp³-hybridized carbons (Fsp3) is 0.933. The second-order valence-electron chi connectivity index (χ2n) is 19.6. The first-order chi connectivity index (χ1) is 28.4. The summed E-state index contributed by atoms with van der Waals surface area (Å²) in [5.74, 6) is 0.204. The van der Waals surface area contributed by atoms with Gasteiger partial charge in [0.15, 0.2) is 18.9 Å². The van der Waals surface area contributed by atoms with Crippen molar-refractivity contribution in [3.8, 4) is 0 Å². The third-order valence-electron chi connectivity index (χ3n) is 16.4. The number of carbonyl (C=O) groups excluding carboxylic acids is 1. The van der Waals surface area contributed by atoms with Crippen molar-refractivity contribution in [2.24, 2.45) is 34.5 Å². The molecule has 0 spiro atoms. The number of aliphatic hydroxyl groups is 6. The fourth-order valence-electron chi connectivity index (χ4n) is 13.0. The lowest BCUT2D eigenvalue weighted by molar-refractivity contribution is -0.336. The van der Waals surface area contributed by atoms with E-state index in [9.17, 15) is 35.4 Å². The molecule has 15 nitrogen and oxygen atoms in total. The van der Waals surface area contributed by atoms with Crippen molar-refractivity contribution in [2.45, 2.75) is 211 Å². The van der Waals surface area contributed by atoms with Crippen molar-refractivity contribution in [3.63, 3.8) is 0 Å². The van der Waals surface area contributed by atoms with Crippen molar-refractivity contribution in [1.29, 1.82) is 0 Å². The molecule has 0 amide bonds. The number of fused-ring (bicyclic) bond motifs is 5. The van der Waals surface area contributed by atoms with Gasteiger partial charge in [-0.05, 0) is 121 Å². The minimum absolute atomic E-state index is 0.0452. The molecule has 7 fully saturated rings. The van der Waals surface area contributed by atoms with Crippen molar-refractivity contribution < 1.29 is 73.3 Å². The van der Waals surface area contributed by atoms with Crippen LogP contribution in [0.15, 0.2) is 11.6 Å². The number of rotatable bonds is 9. The number of ether oxygens (including phenoxy) is 8. The van der Waals surface area contributed by atoms with Gasteiger partial charge in [-0.1, -0.05) is 13.8 Å². The average molecular weight is 855 g/mol. The highest BCUT2D eigenvalue weighted by atomic mass is 16.7. The van der Waals surface area contributed by atoms with E-state index in [2.05, 4.69) is 6.92 Å². The van der Waals surface area contributed by atoms with E-state index in [1.807, 2.05) is 27.7 Å². The SMILES string of the molecule is CCOCC.C[C@H]1O[C@@H](O[C@H]2[C@@H](O)C[C@H](O[C@H]3[C@@H](O)C[C@H](O[C@H]4CC[C@@]5(C)[C@H](CC[C@@H]6[C@@H]5C[C@@H](O)[C@]5(C)[C@@H](C7=CC(=O)OC7)CC[C@]65O)C4)O[C@@H]3C)O[C@@H]2C)C[C@H](O)[C@@H]1O. The van der Waals surface area contributed by atoms with E-state index in [0.717, 1.165) is 57.3 Å². The second kappa shape index (κ2) is 18.7. The van der Waals surface area contributed by atoms with Crippen LogP contribution >= 0.6 is 0 Å². The van der Waals surface area contributed by atoms with Crippen LogP contribution in [0.5, 0.6) is 0 Å². The molecule has 3 saturated heterocycles. The lowest BCUT2D eigenvalue weighted by atomic mass is 9.42. The predicted octanol–water partition coefficient (Wildman–Crippen LogP) is 3.26. The smallest absolute Gasteiger partial charge is 0.331 e. The monoisotopic (exact) mass is 855 g/mol. The molecule has 0 aromatic heterocycles. The van der Waals surface area contributed by atoms with Gasteiger partial charge in [0.2, 0.25) is 0 Å². The molecule has 4 heterocycles. The number of cyclic esters (lactones) is 1. The lowest BCUT2D eigenvalue weighted by Gasteiger charge is -2.65. The maximum Gasteiger partial charge on any atom is 0.331 e. The van der Waals surface area contributed by atoms with Crippen molar-refractivity contribution >= 4 is 5.97 Å². The summed E-state index contributed by atoms with van der Waals surface area (Å²) in [5, 5.41) is 66.9. The largest absolute Gasteiger partial charge is 0.458 e. The van der Waals surface area contributed by atoms with Gasteiger partial charge >= 0.3 is 5.97 Å². The van der Waals surface area contributed by atoms with Gasteiger partial charge in [-0.25, -0.2) is 4.79 Å². The van der Waals surface area contributed by atoms with Crippen LogP contribution in [-0.2, 0) is 42.7 Å². The third-order valence-corrected chi connectivity index (χ3v) is 16.4. The number of hydrogen-bond acceptors (Lipinski definition) is 15. The standard InChI is InChI=1S/C41H64O14.C4H10O/c1-19-36(47)28(42)15-34(50-19)54-38-21(3)52-35(17-30(38)44)55-37-20(2)51-33(16-29(37)43)53-24-8-10-39(4)23(13-24)6-7-26-27(39)14-31(45)40(5)25(9-11-41(26,40)48)22-12-32(46)49-18-22;1-3-5-4-2/h12,19-21,23-31,33-38,42-45,47-48H,6-11,13-18H2,1-5H3;3-4H2,1-2H3/t19-,20-,21-,23-,24+,25-,26-,27+,28+,29+,30+,31-,33+,34+,35+,36-,37-,38-,39+,40+,41+;/m1./s1. The van der Waals surface area contributed by atoms with Crippen LogP contribution in [0.4, 0.5) is 0 Å². The Bertz CT molecular complexity index is 1460. The molecule has 8 aliphatic rings. The molecule has 0 aromatic rings. The van der Waals surface area contributed by atoms with E-state index in [0.29, 0.717) is 18.8 Å². The van der Waals surface area contributed by atoms with Crippen molar-refractivity contribution in [2.75, 3.05) is 19.8 Å². The highest BCUT2D eigenvalue weighted by Crippen LogP contribution is 2.70. The van der Waals surface area contributed by atoms with Crippen LogP contribution in [0, 0.1) is 34.5 Å². The summed E-state index contributed by atoms with van der Waals surface area (Å²) < 4.78 is 46.9. The van der Waals surface area contributed by atoms with Crippen molar-refractivity contribution in [3.05, 3.63) is 11.6 Å². The molecule has 344 valence electrons. The lowest BCUT2D eigenvalue weighted by Crippen LogP contribution is -2.67. The van der Waals surface area contributed by atoms with E-state index in [4.69, 9.17) is 37.9 Å². The summed E-state index contributed by atoms with van der Waals surface area (Å²) >= 11 is 0. The summed E-state index contributed by atoms with van der Waals surface area (Å²) in [4.78, 5) is 11.9. The summed E-state index contributed by atoms with van der Waals surface area (Å²) in [7, 11) is 0. The van der Waals surface area contributed by atoms with Gasteiger partial charge < -0.3 is 68.5 Å². The van der Waals surface area contributed by atoms with Crippen LogP contribution in [0.25, 0.3) is 0 Å². The predicted molar refractivity (Wildman–Crippen MR) is 215 cm³/mol. The van der Waals surface area contributed by atoms with Crippen LogP contribution in [0.3, 0.4) is 0 Å². The second-order valence-corrected chi connectivity index (χ2v) is 19.6. The van der Waals surface area contributed by atoms with Gasteiger partial charge in [0, 0.05) is 44.0 Å². The first kappa shape index (κ1) is 46.7. The minimum Gasteiger partial charge on any atom is -0.458 e. The van der Waals surface area contributed by atoms with Crippen LogP contribution in [0.1, 0.15) is 119 Å². The zero-order valence-corrected chi connectivity index (χ0v) is 36.7. The Morgan fingerprint density at radius 1 is 0.700 bits per heavy atom. The fourth-order valence-corrected chi connectivity index (χ4v) is 13.0. The molecule has 0 unspecified atom stereocenters. The molecule has 8 rings (SSSR count). The van der Waals surface area contributed by atoms with Gasteiger partial charge in [0.05, 0.1) is 54.4 Å². The number of aliphatic hydroxyl groups excluding tert-OH is 5. The highest BCUT2D eigenvalue weighted by molar-refractivity contribution is 5.85. The molecule has 15 heteroatoms. The van der Waals surface area contributed by atoms with Crippen LogP contribution in [0.2, 0.25) is 0 Å². The normalized spacial score (nSPS) is 51.6. The maximum atomic E-state index is 12.6. The van der Waals surface area contributed by atoms with Crippen LogP contribution < -0.4 is 0 Å². The van der Waals surface area contributed by atoms with Crippen molar-refractivity contribution in [1.82, 2.24) is 0 Å². The number of carbonyl (C=O) groups is 1. The zero-order valence-electron chi connectivity index (χ0n) is 36.7. The first-order valence-electron chi connectivity index (χ1n) is 22.9. The minimum atomic E-state index is -1.01. The van der Waals surface area contributed by atoms with Gasteiger partial charge in [0.25, 0.3) is 0 Å². The summed E-state index contributed by atoms with van der Waals surface area (Å²) in [6.45, 7) is 15.6. The molecule has 21 atom stereocenters. The Morgan fingerprint density at radius 3 is 1.82 bits per heavy atom. The Labute approximate surface area is 355 Å². The molecule has 0 aromatic carbocycles. The summed E-state index contributed by atoms with van der Waals surface area (Å²) in [6, 6.07) is 0. The Balaban J connectivity index is 0.00000103. The zero-order chi connectivity index (χ0) is 43.3. The third kappa shape index (κ3) is 8.76. The molecular weight excluding hydrogens is 780 g/mol. The molecule has 4 aliphatic carbocycles. The Hall–Kier alpha value is -1.31. The van der Waals surface area contributed by atoms with Gasteiger partial charge in [-0.2, -0.15) is 0 Å². The molecule has 6 N–H and O–H groups in total. The quantitative estimate of drug-likeness (QED) is 0.145.